The predicted octanol–water partition coefficient (Wildman–Crippen LogP) is 1.05. The number of benzene rings is 1. The first-order valence-corrected chi connectivity index (χ1v) is 7.37. The molecule has 0 aliphatic rings. The second kappa shape index (κ2) is 5.51. The molecule has 0 fully saturated rings. The van der Waals surface area contributed by atoms with Crippen molar-refractivity contribution in [2.75, 3.05) is 0 Å². The zero-order valence-electron chi connectivity index (χ0n) is 11.0. The molecule has 106 valence electrons. The Balaban J connectivity index is 2.26. The van der Waals surface area contributed by atoms with Gasteiger partial charge in [0.15, 0.2) is 5.78 Å². The number of carbonyl (C=O) groups is 1. The van der Waals surface area contributed by atoms with E-state index in [1.54, 1.807) is 13.0 Å². The van der Waals surface area contributed by atoms with Gasteiger partial charge in [0.25, 0.3) is 0 Å². The molecule has 1 unspecified atom stereocenters. The quantitative estimate of drug-likeness (QED) is 0.802. The number of carbonyl (C=O) groups excluding carboxylic acids is 1. The normalized spacial score (nSPS) is 13.1. The lowest BCUT2D eigenvalue weighted by Gasteiger charge is -2.12. The Hall–Kier alpha value is -2.06. The molecule has 1 heterocycles. The molecule has 2 aromatic rings. The second-order valence-electron chi connectivity index (χ2n) is 4.30. The number of H-pyrrole nitrogens is 1. The summed E-state index contributed by atoms with van der Waals surface area (Å²) >= 11 is 0. The third-order valence-corrected chi connectivity index (χ3v) is 4.26. The van der Waals surface area contributed by atoms with Gasteiger partial charge in [-0.3, -0.25) is 9.89 Å². The number of Topliss-reactive ketones (excluding diaryl/α,β-unsaturated/α-hetero) is 1. The van der Waals surface area contributed by atoms with E-state index >= 15 is 0 Å². The molecule has 0 aliphatic carbocycles. The molecule has 1 aromatic heterocycles. The van der Waals surface area contributed by atoms with Crippen LogP contribution in [0.15, 0.2) is 35.5 Å². The fraction of sp³-hybridized carbons (Fsp3) is 0.250. The van der Waals surface area contributed by atoms with E-state index in [-0.39, 0.29) is 10.7 Å². The van der Waals surface area contributed by atoms with Crippen LogP contribution in [0.25, 0.3) is 0 Å². The van der Waals surface area contributed by atoms with E-state index in [1.807, 2.05) is 0 Å². The van der Waals surface area contributed by atoms with Crippen LogP contribution in [0.5, 0.6) is 0 Å². The van der Waals surface area contributed by atoms with Crippen molar-refractivity contribution in [1.82, 2.24) is 19.9 Å². The summed E-state index contributed by atoms with van der Waals surface area (Å²) in [5.41, 5.74) is 0.347. The molecule has 0 saturated carbocycles. The molecule has 7 nitrogen and oxygen atoms in total. The molecular weight excluding hydrogens is 280 g/mol. The Morgan fingerprint density at radius 2 is 2.15 bits per heavy atom. The number of aromatic amines is 1. The summed E-state index contributed by atoms with van der Waals surface area (Å²) in [6.07, 6.45) is 1.30. The average Bonchev–Trinajstić information content (AvgIpc) is 2.92. The van der Waals surface area contributed by atoms with Crippen LogP contribution in [0, 0.1) is 0 Å². The van der Waals surface area contributed by atoms with Crippen molar-refractivity contribution in [2.24, 2.45) is 0 Å². The molecule has 0 bridgehead atoms. The Kier molecular flexibility index (Phi) is 3.96. The maximum absolute atomic E-state index is 12.2. The van der Waals surface area contributed by atoms with Gasteiger partial charge >= 0.3 is 0 Å². The summed E-state index contributed by atoms with van der Waals surface area (Å²) in [5, 5.41) is 6.27. The number of nitrogens with one attached hydrogen (secondary N) is 2. The Morgan fingerprint density at radius 3 is 2.75 bits per heavy atom. The number of hydrogen-bond donors (Lipinski definition) is 2. The fourth-order valence-corrected chi connectivity index (χ4v) is 2.92. The first-order valence-electron chi connectivity index (χ1n) is 5.89. The molecular formula is C12H14N4O3S. The van der Waals surface area contributed by atoms with Crippen LogP contribution in [0.1, 0.15) is 36.1 Å². The summed E-state index contributed by atoms with van der Waals surface area (Å²) in [5.74, 6) is 0.224. The molecule has 2 rings (SSSR count). The zero-order valence-corrected chi connectivity index (χ0v) is 11.8. The van der Waals surface area contributed by atoms with Crippen molar-refractivity contribution in [3.63, 3.8) is 0 Å². The van der Waals surface area contributed by atoms with Crippen molar-refractivity contribution < 1.29 is 13.2 Å². The maximum atomic E-state index is 12.2. The van der Waals surface area contributed by atoms with Crippen LogP contribution in [0.4, 0.5) is 0 Å². The van der Waals surface area contributed by atoms with Gasteiger partial charge in [0.1, 0.15) is 12.2 Å². The van der Waals surface area contributed by atoms with Crippen molar-refractivity contribution in [3.05, 3.63) is 42.0 Å². The van der Waals surface area contributed by atoms with E-state index in [0.717, 1.165) is 0 Å². The van der Waals surface area contributed by atoms with E-state index in [1.165, 1.54) is 31.5 Å². The van der Waals surface area contributed by atoms with Gasteiger partial charge in [0.2, 0.25) is 10.0 Å². The summed E-state index contributed by atoms with van der Waals surface area (Å²) in [6.45, 7) is 3.03. The highest BCUT2D eigenvalue weighted by atomic mass is 32.2. The summed E-state index contributed by atoms with van der Waals surface area (Å²) in [4.78, 5) is 15.2. The number of hydrogen-bond acceptors (Lipinski definition) is 5. The second-order valence-corrected chi connectivity index (χ2v) is 6.01. The Labute approximate surface area is 116 Å². The summed E-state index contributed by atoms with van der Waals surface area (Å²) in [6, 6.07) is 5.33. The number of ketones is 1. The van der Waals surface area contributed by atoms with Gasteiger partial charge in [0, 0.05) is 5.56 Å². The standard InChI is InChI=1S/C12H14N4O3S/c1-8(12-13-7-14-15-12)16-20(18,19)11-5-3-4-10(6-11)9(2)17/h3-8,16H,1-2H3,(H,13,14,15). The smallest absolute Gasteiger partial charge is 0.241 e. The molecule has 2 N–H and O–H groups in total. The third kappa shape index (κ3) is 3.09. The lowest BCUT2D eigenvalue weighted by atomic mass is 10.2. The van der Waals surface area contributed by atoms with Crippen molar-refractivity contribution in [1.29, 1.82) is 0 Å². The summed E-state index contributed by atoms with van der Waals surface area (Å²) in [7, 11) is -3.73. The Bertz CT molecular complexity index is 710. The number of nitrogens with zero attached hydrogens (tertiary/aromatic N) is 2. The van der Waals surface area contributed by atoms with Crippen LogP contribution in [-0.2, 0) is 10.0 Å². The fourth-order valence-electron chi connectivity index (χ4n) is 1.66. The van der Waals surface area contributed by atoms with Crippen LogP contribution in [0.2, 0.25) is 0 Å². The van der Waals surface area contributed by atoms with E-state index in [4.69, 9.17) is 0 Å². The van der Waals surface area contributed by atoms with Crippen LogP contribution in [0.3, 0.4) is 0 Å². The predicted molar refractivity (Wildman–Crippen MR) is 71.6 cm³/mol. The minimum atomic E-state index is -3.73. The van der Waals surface area contributed by atoms with Gasteiger partial charge in [-0.2, -0.15) is 5.10 Å². The van der Waals surface area contributed by atoms with Crippen LogP contribution < -0.4 is 4.72 Å². The minimum absolute atomic E-state index is 0.0385. The number of sulfonamides is 1. The van der Waals surface area contributed by atoms with Gasteiger partial charge in [0.05, 0.1) is 10.9 Å². The molecule has 0 spiro atoms. The molecule has 0 saturated heterocycles. The number of aromatic nitrogens is 3. The summed E-state index contributed by atoms with van der Waals surface area (Å²) < 4.78 is 26.9. The highest BCUT2D eigenvalue weighted by molar-refractivity contribution is 7.89. The van der Waals surface area contributed by atoms with Gasteiger partial charge in [-0.25, -0.2) is 18.1 Å². The maximum Gasteiger partial charge on any atom is 0.241 e. The van der Waals surface area contributed by atoms with E-state index in [9.17, 15) is 13.2 Å². The molecule has 1 atom stereocenters. The number of rotatable bonds is 5. The monoisotopic (exact) mass is 294 g/mol. The highest BCUT2D eigenvalue weighted by Gasteiger charge is 2.20. The lowest BCUT2D eigenvalue weighted by Crippen LogP contribution is -2.27. The van der Waals surface area contributed by atoms with Crippen LogP contribution >= 0.6 is 0 Å². The van der Waals surface area contributed by atoms with Gasteiger partial charge in [-0.1, -0.05) is 12.1 Å². The van der Waals surface area contributed by atoms with Gasteiger partial charge < -0.3 is 0 Å². The average molecular weight is 294 g/mol. The SMILES string of the molecule is CC(=O)c1cccc(S(=O)(=O)NC(C)c2ncn[nH]2)c1. The largest absolute Gasteiger partial charge is 0.295 e. The minimum Gasteiger partial charge on any atom is -0.295 e. The molecule has 0 radical (unpaired) electrons. The Morgan fingerprint density at radius 1 is 1.40 bits per heavy atom. The topological polar surface area (TPSA) is 105 Å². The molecule has 1 aromatic carbocycles. The van der Waals surface area contributed by atoms with Crippen molar-refractivity contribution >= 4 is 15.8 Å². The first-order chi connectivity index (χ1) is 9.40. The molecule has 20 heavy (non-hydrogen) atoms. The van der Waals surface area contributed by atoms with Crippen LogP contribution in [-0.4, -0.2) is 29.4 Å². The zero-order chi connectivity index (χ0) is 14.8. The molecule has 0 aliphatic heterocycles. The lowest BCUT2D eigenvalue weighted by molar-refractivity contribution is 0.101. The van der Waals surface area contributed by atoms with Crippen molar-refractivity contribution in [2.45, 2.75) is 24.8 Å². The first kappa shape index (κ1) is 14.4. The van der Waals surface area contributed by atoms with Crippen molar-refractivity contribution in [3.8, 4) is 0 Å². The van der Waals surface area contributed by atoms with E-state index in [2.05, 4.69) is 19.9 Å². The van der Waals surface area contributed by atoms with E-state index in [0.29, 0.717) is 11.4 Å². The molecule has 0 amide bonds. The van der Waals surface area contributed by atoms with E-state index < -0.39 is 16.1 Å². The molecule has 8 heteroatoms. The highest BCUT2D eigenvalue weighted by Crippen LogP contribution is 2.15. The van der Waals surface area contributed by atoms with Gasteiger partial charge in [-0.05, 0) is 26.0 Å². The van der Waals surface area contributed by atoms with Gasteiger partial charge in [-0.15, -0.1) is 0 Å². The third-order valence-electron chi connectivity index (χ3n) is 2.73.